The zero-order chi connectivity index (χ0) is 18.9. The second-order valence-electron chi connectivity index (χ2n) is 6.61. The summed E-state index contributed by atoms with van der Waals surface area (Å²) in [6, 6.07) is 6.15. The van der Waals surface area contributed by atoms with Gasteiger partial charge in [0.15, 0.2) is 0 Å². The lowest BCUT2D eigenvalue weighted by Crippen LogP contribution is -2.34. The maximum Gasteiger partial charge on any atom is 0.320 e. The Labute approximate surface area is 153 Å². The Morgan fingerprint density at radius 3 is 2.32 bits per heavy atom. The Bertz CT molecular complexity index is 574. The standard InChI is InChI=1S/C9H10ClNO2.C9H17NO2/c10-7-3-1-2-6(4-7)5-8(11)9(12)13;10-7-9(6-8(11)12)4-2-1-3-5-9/h1-4,8H,5,11H2,(H,12,13);1-7,10H2,(H,11,12)/t8-;/m0./s1. The van der Waals surface area contributed by atoms with Gasteiger partial charge in [-0.2, -0.15) is 0 Å². The summed E-state index contributed by atoms with van der Waals surface area (Å²) in [5.41, 5.74) is 11.7. The SMILES string of the molecule is NCC1(CC(=O)O)CCCCC1.N[C@@H](Cc1cccc(Cl)c1)C(=O)O. The van der Waals surface area contributed by atoms with Gasteiger partial charge in [0.25, 0.3) is 0 Å². The van der Waals surface area contributed by atoms with Crippen LogP contribution in [0.5, 0.6) is 0 Å². The molecule has 1 aromatic carbocycles. The number of hydrogen-bond acceptors (Lipinski definition) is 4. The predicted octanol–water partition coefficient (Wildman–Crippen LogP) is 2.66. The average Bonchev–Trinajstić information content (AvgIpc) is 2.55. The Balaban J connectivity index is 0.000000251. The minimum Gasteiger partial charge on any atom is -0.481 e. The van der Waals surface area contributed by atoms with Crippen LogP contribution < -0.4 is 11.5 Å². The molecule has 0 amide bonds. The molecule has 0 unspecified atom stereocenters. The van der Waals surface area contributed by atoms with Crippen LogP contribution >= 0.6 is 11.6 Å². The Kier molecular flexibility index (Phi) is 8.89. The first-order valence-corrected chi connectivity index (χ1v) is 8.80. The number of halogens is 1. The smallest absolute Gasteiger partial charge is 0.320 e. The molecule has 0 radical (unpaired) electrons. The Morgan fingerprint density at radius 1 is 1.20 bits per heavy atom. The molecule has 0 aromatic heterocycles. The zero-order valence-corrected chi connectivity index (χ0v) is 15.0. The lowest BCUT2D eigenvalue weighted by Gasteiger charge is -2.34. The fourth-order valence-electron chi connectivity index (χ4n) is 3.08. The topological polar surface area (TPSA) is 127 Å². The van der Waals surface area contributed by atoms with Gasteiger partial charge in [0, 0.05) is 5.02 Å². The summed E-state index contributed by atoms with van der Waals surface area (Å²) in [5.74, 6) is -1.71. The van der Waals surface area contributed by atoms with Crippen LogP contribution in [-0.2, 0) is 16.0 Å². The lowest BCUT2D eigenvalue weighted by molar-refractivity contribution is -0.140. The van der Waals surface area contributed by atoms with Gasteiger partial charge >= 0.3 is 11.9 Å². The highest BCUT2D eigenvalue weighted by atomic mass is 35.5. The highest BCUT2D eigenvalue weighted by molar-refractivity contribution is 6.30. The van der Waals surface area contributed by atoms with E-state index in [2.05, 4.69) is 0 Å². The zero-order valence-electron chi connectivity index (χ0n) is 14.3. The van der Waals surface area contributed by atoms with Crippen molar-refractivity contribution >= 4 is 23.5 Å². The van der Waals surface area contributed by atoms with Crippen LogP contribution in [-0.4, -0.2) is 34.7 Å². The van der Waals surface area contributed by atoms with E-state index in [4.69, 9.17) is 33.3 Å². The van der Waals surface area contributed by atoms with Crippen LogP contribution in [0.15, 0.2) is 24.3 Å². The number of nitrogens with two attached hydrogens (primary N) is 2. The fraction of sp³-hybridized carbons (Fsp3) is 0.556. The van der Waals surface area contributed by atoms with E-state index in [9.17, 15) is 9.59 Å². The molecule has 1 aromatic rings. The first-order chi connectivity index (χ1) is 11.8. The molecular formula is C18H27ClN2O4. The van der Waals surface area contributed by atoms with Crippen molar-refractivity contribution in [2.45, 2.75) is 51.0 Å². The van der Waals surface area contributed by atoms with Crippen molar-refractivity contribution in [1.82, 2.24) is 0 Å². The second-order valence-corrected chi connectivity index (χ2v) is 7.05. The fourth-order valence-corrected chi connectivity index (χ4v) is 3.29. The van der Waals surface area contributed by atoms with E-state index in [-0.39, 0.29) is 11.8 Å². The van der Waals surface area contributed by atoms with Crippen molar-refractivity contribution in [2.24, 2.45) is 16.9 Å². The van der Waals surface area contributed by atoms with Crippen molar-refractivity contribution in [3.05, 3.63) is 34.9 Å². The predicted molar refractivity (Wildman–Crippen MR) is 97.6 cm³/mol. The molecular weight excluding hydrogens is 344 g/mol. The van der Waals surface area contributed by atoms with Crippen molar-refractivity contribution in [3.63, 3.8) is 0 Å². The van der Waals surface area contributed by atoms with E-state index in [1.807, 2.05) is 0 Å². The van der Waals surface area contributed by atoms with Crippen molar-refractivity contribution in [1.29, 1.82) is 0 Å². The highest BCUT2D eigenvalue weighted by Crippen LogP contribution is 2.38. The van der Waals surface area contributed by atoms with Gasteiger partial charge in [0.2, 0.25) is 0 Å². The van der Waals surface area contributed by atoms with Crippen LogP contribution in [0, 0.1) is 5.41 Å². The van der Waals surface area contributed by atoms with E-state index in [1.165, 1.54) is 6.42 Å². The van der Waals surface area contributed by atoms with Gasteiger partial charge in [-0.25, -0.2) is 0 Å². The van der Waals surface area contributed by atoms with E-state index < -0.39 is 18.0 Å². The third-order valence-corrected chi connectivity index (χ3v) is 4.77. The van der Waals surface area contributed by atoms with E-state index >= 15 is 0 Å². The monoisotopic (exact) mass is 370 g/mol. The molecule has 0 bridgehead atoms. The van der Waals surface area contributed by atoms with Gasteiger partial charge in [-0.05, 0) is 48.9 Å². The van der Waals surface area contributed by atoms with Gasteiger partial charge in [-0.1, -0.05) is 43.0 Å². The molecule has 140 valence electrons. The van der Waals surface area contributed by atoms with E-state index in [0.717, 1.165) is 31.2 Å². The van der Waals surface area contributed by atoms with Crippen LogP contribution in [0.1, 0.15) is 44.1 Å². The molecule has 1 aliphatic carbocycles. The summed E-state index contributed by atoms with van der Waals surface area (Å²) in [4.78, 5) is 21.0. The Morgan fingerprint density at radius 2 is 1.84 bits per heavy atom. The lowest BCUT2D eigenvalue weighted by atomic mass is 9.72. The molecule has 1 saturated carbocycles. The van der Waals surface area contributed by atoms with Crippen LogP contribution in [0.25, 0.3) is 0 Å². The first kappa shape index (κ1) is 21.4. The summed E-state index contributed by atoms with van der Waals surface area (Å²) < 4.78 is 0. The summed E-state index contributed by atoms with van der Waals surface area (Å²) in [6.07, 6.45) is 6.07. The molecule has 0 saturated heterocycles. The summed E-state index contributed by atoms with van der Waals surface area (Å²) >= 11 is 5.72. The van der Waals surface area contributed by atoms with Gasteiger partial charge in [0.05, 0.1) is 6.42 Å². The third kappa shape index (κ3) is 7.86. The molecule has 25 heavy (non-hydrogen) atoms. The van der Waals surface area contributed by atoms with Crippen molar-refractivity contribution in [3.8, 4) is 0 Å². The third-order valence-electron chi connectivity index (χ3n) is 4.54. The molecule has 7 heteroatoms. The number of carboxylic acid groups (broad SMARTS) is 2. The van der Waals surface area contributed by atoms with E-state index in [1.54, 1.807) is 24.3 Å². The number of benzene rings is 1. The average molecular weight is 371 g/mol. The van der Waals surface area contributed by atoms with Crippen molar-refractivity contribution in [2.75, 3.05) is 6.54 Å². The van der Waals surface area contributed by atoms with Crippen LogP contribution in [0.3, 0.4) is 0 Å². The molecule has 2 rings (SSSR count). The maximum absolute atomic E-state index is 10.6. The van der Waals surface area contributed by atoms with Gasteiger partial charge in [-0.15, -0.1) is 0 Å². The normalized spacial score (nSPS) is 17.1. The Hall–Kier alpha value is -1.63. The molecule has 1 atom stereocenters. The number of hydrogen-bond donors (Lipinski definition) is 4. The second kappa shape index (κ2) is 10.4. The quantitative estimate of drug-likeness (QED) is 0.609. The minimum absolute atomic E-state index is 0.0793. The summed E-state index contributed by atoms with van der Waals surface area (Å²) in [5, 5.41) is 17.9. The largest absolute Gasteiger partial charge is 0.481 e. The summed E-state index contributed by atoms with van der Waals surface area (Å²) in [7, 11) is 0. The highest BCUT2D eigenvalue weighted by Gasteiger charge is 2.32. The van der Waals surface area contributed by atoms with Gasteiger partial charge in [0.1, 0.15) is 6.04 Å². The van der Waals surface area contributed by atoms with Crippen LogP contribution in [0.2, 0.25) is 5.02 Å². The number of carboxylic acids is 2. The number of rotatable bonds is 6. The van der Waals surface area contributed by atoms with E-state index in [0.29, 0.717) is 18.0 Å². The molecule has 0 aliphatic heterocycles. The first-order valence-electron chi connectivity index (χ1n) is 8.43. The van der Waals surface area contributed by atoms with Gasteiger partial charge in [-0.3, -0.25) is 9.59 Å². The van der Waals surface area contributed by atoms with Crippen LogP contribution in [0.4, 0.5) is 0 Å². The molecule has 0 spiro atoms. The molecule has 6 nitrogen and oxygen atoms in total. The number of aliphatic carboxylic acids is 2. The van der Waals surface area contributed by atoms with Gasteiger partial charge < -0.3 is 21.7 Å². The molecule has 6 N–H and O–H groups in total. The minimum atomic E-state index is -1.00. The number of carbonyl (C=O) groups is 2. The molecule has 1 fully saturated rings. The molecule has 0 heterocycles. The van der Waals surface area contributed by atoms with Crippen molar-refractivity contribution < 1.29 is 19.8 Å². The summed E-state index contributed by atoms with van der Waals surface area (Å²) in [6.45, 7) is 0.527. The molecule has 1 aliphatic rings. The maximum atomic E-state index is 10.6.